The highest BCUT2D eigenvalue weighted by Crippen LogP contribution is 2.26. The number of carbonyl (C=O) groups excluding carboxylic acids is 1. The van der Waals surface area contributed by atoms with E-state index < -0.39 is 10.0 Å². The van der Waals surface area contributed by atoms with Crippen LogP contribution < -0.4 is 13.9 Å². The standard InChI is InChI=1S/C22H27N3O4S/c1-29-21-9-7-19(8-10-21)23-11-3-12-24(15-14-23)22(26)18-5-2-6-20(17-18)25-13-4-16-30(25,27)28/h2,5-10,17H,3-4,11-16H2,1H3. The van der Waals surface area contributed by atoms with Crippen molar-refractivity contribution < 1.29 is 17.9 Å². The van der Waals surface area contributed by atoms with Crippen LogP contribution in [0.2, 0.25) is 0 Å². The molecule has 1 amide bonds. The van der Waals surface area contributed by atoms with Gasteiger partial charge in [0.05, 0.1) is 18.6 Å². The molecule has 0 N–H and O–H groups in total. The topological polar surface area (TPSA) is 70.2 Å². The van der Waals surface area contributed by atoms with E-state index >= 15 is 0 Å². The Hall–Kier alpha value is -2.74. The normalized spacial score (nSPS) is 18.9. The third-order valence-electron chi connectivity index (χ3n) is 5.70. The number of ether oxygens (including phenoxy) is 1. The minimum Gasteiger partial charge on any atom is -0.497 e. The summed E-state index contributed by atoms with van der Waals surface area (Å²) in [4.78, 5) is 17.3. The molecule has 0 aromatic heterocycles. The van der Waals surface area contributed by atoms with Crippen molar-refractivity contribution in [2.24, 2.45) is 0 Å². The van der Waals surface area contributed by atoms with E-state index in [1.54, 1.807) is 31.4 Å². The van der Waals surface area contributed by atoms with Crippen LogP contribution in [0.4, 0.5) is 11.4 Å². The van der Waals surface area contributed by atoms with Gasteiger partial charge in [-0.1, -0.05) is 6.07 Å². The van der Waals surface area contributed by atoms with Crippen LogP contribution in [0.25, 0.3) is 0 Å². The zero-order valence-corrected chi connectivity index (χ0v) is 18.0. The van der Waals surface area contributed by atoms with Gasteiger partial charge in [-0.2, -0.15) is 0 Å². The number of hydrogen-bond donors (Lipinski definition) is 0. The van der Waals surface area contributed by atoms with E-state index in [1.165, 1.54) is 4.31 Å². The summed E-state index contributed by atoms with van der Waals surface area (Å²) in [6, 6.07) is 15.0. The molecule has 2 aliphatic rings. The van der Waals surface area contributed by atoms with Gasteiger partial charge in [0, 0.05) is 44.0 Å². The van der Waals surface area contributed by atoms with Crippen molar-refractivity contribution in [2.75, 3.05) is 54.8 Å². The molecule has 0 aliphatic carbocycles. The molecule has 2 heterocycles. The Kier molecular flexibility index (Phi) is 5.85. The van der Waals surface area contributed by atoms with Crippen molar-refractivity contribution in [3.8, 4) is 5.75 Å². The highest BCUT2D eigenvalue weighted by molar-refractivity contribution is 7.93. The fourth-order valence-electron chi connectivity index (χ4n) is 4.08. The van der Waals surface area contributed by atoms with Crippen LogP contribution in [0.3, 0.4) is 0 Å². The number of benzene rings is 2. The second kappa shape index (κ2) is 8.55. The van der Waals surface area contributed by atoms with Crippen LogP contribution in [0, 0.1) is 0 Å². The summed E-state index contributed by atoms with van der Waals surface area (Å²) in [5, 5.41) is 0. The zero-order chi connectivity index (χ0) is 21.1. The van der Waals surface area contributed by atoms with Gasteiger partial charge in [0.2, 0.25) is 10.0 Å². The predicted octanol–water partition coefficient (Wildman–Crippen LogP) is 2.59. The first-order chi connectivity index (χ1) is 14.5. The molecular formula is C22H27N3O4S. The number of carbonyl (C=O) groups is 1. The molecule has 0 unspecified atom stereocenters. The van der Waals surface area contributed by atoms with E-state index in [4.69, 9.17) is 4.74 Å². The SMILES string of the molecule is COc1ccc(N2CCCN(C(=O)c3cccc(N4CCCS4(=O)=O)c3)CC2)cc1. The molecule has 30 heavy (non-hydrogen) atoms. The number of anilines is 2. The molecule has 2 fully saturated rings. The van der Waals surface area contributed by atoms with Crippen molar-refractivity contribution in [1.29, 1.82) is 0 Å². The lowest BCUT2D eigenvalue weighted by Gasteiger charge is -2.24. The van der Waals surface area contributed by atoms with Gasteiger partial charge in [-0.25, -0.2) is 8.42 Å². The van der Waals surface area contributed by atoms with Crippen LogP contribution >= 0.6 is 0 Å². The average molecular weight is 430 g/mol. The quantitative estimate of drug-likeness (QED) is 0.747. The van der Waals surface area contributed by atoms with E-state index in [2.05, 4.69) is 4.90 Å². The Bertz CT molecular complexity index is 1010. The van der Waals surface area contributed by atoms with Crippen molar-refractivity contribution in [3.05, 3.63) is 54.1 Å². The molecule has 7 nitrogen and oxygen atoms in total. The maximum atomic E-state index is 13.1. The van der Waals surface area contributed by atoms with Gasteiger partial charge in [0.15, 0.2) is 0 Å². The van der Waals surface area contributed by atoms with E-state index in [-0.39, 0.29) is 11.7 Å². The Morgan fingerprint density at radius 1 is 0.900 bits per heavy atom. The van der Waals surface area contributed by atoms with E-state index in [0.29, 0.717) is 37.3 Å². The minimum absolute atomic E-state index is 0.0509. The molecule has 0 bridgehead atoms. The van der Waals surface area contributed by atoms with Crippen LogP contribution in [0.15, 0.2) is 48.5 Å². The molecule has 160 valence electrons. The number of rotatable bonds is 4. The second-order valence-electron chi connectivity index (χ2n) is 7.62. The second-order valence-corrected chi connectivity index (χ2v) is 9.64. The molecule has 8 heteroatoms. The van der Waals surface area contributed by atoms with Crippen molar-refractivity contribution in [1.82, 2.24) is 4.90 Å². The Balaban J connectivity index is 1.46. The summed E-state index contributed by atoms with van der Waals surface area (Å²) in [6.07, 6.45) is 1.49. The van der Waals surface area contributed by atoms with Crippen molar-refractivity contribution in [2.45, 2.75) is 12.8 Å². The van der Waals surface area contributed by atoms with Gasteiger partial charge in [-0.15, -0.1) is 0 Å². The molecule has 4 rings (SSSR count). The molecule has 0 spiro atoms. The van der Waals surface area contributed by atoms with Gasteiger partial charge >= 0.3 is 0 Å². The maximum Gasteiger partial charge on any atom is 0.253 e. The summed E-state index contributed by atoms with van der Waals surface area (Å²) in [5.41, 5.74) is 2.23. The van der Waals surface area contributed by atoms with Crippen LogP contribution in [0.1, 0.15) is 23.2 Å². The molecule has 2 saturated heterocycles. The van der Waals surface area contributed by atoms with Gasteiger partial charge in [0.1, 0.15) is 5.75 Å². The van der Waals surface area contributed by atoms with Gasteiger partial charge in [-0.05, 0) is 55.3 Å². The summed E-state index contributed by atoms with van der Waals surface area (Å²) in [6.45, 7) is 3.40. The number of sulfonamides is 1. The fraction of sp³-hybridized carbons (Fsp3) is 0.409. The maximum absolute atomic E-state index is 13.1. The molecule has 2 aliphatic heterocycles. The average Bonchev–Trinajstić information content (AvgIpc) is 2.97. The van der Waals surface area contributed by atoms with Crippen molar-refractivity contribution in [3.63, 3.8) is 0 Å². The fourth-order valence-corrected chi connectivity index (χ4v) is 5.63. The lowest BCUT2D eigenvalue weighted by Crippen LogP contribution is -2.35. The van der Waals surface area contributed by atoms with E-state index in [0.717, 1.165) is 30.9 Å². The van der Waals surface area contributed by atoms with Crippen LogP contribution in [-0.4, -0.2) is 64.8 Å². The van der Waals surface area contributed by atoms with Crippen LogP contribution in [0.5, 0.6) is 5.75 Å². The number of methoxy groups -OCH3 is 1. The highest BCUT2D eigenvalue weighted by Gasteiger charge is 2.29. The predicted molar refractivity (Wildman–Crippen MR) is 118 cm³/mol. The van der Waals surface area contributed by atoms with Crippen molar-refractivity contribution >= 4 is 27.3 Å². The molecule has 0 atom stereocenters. The third kappa shape index (κ3) is 4.23. The Morgan fingerprint density at radius 3 is 2.40 bits per heavy atom. The third-order valence-corrected chi connectivity index (χ3v) is 7.57. The molecule has 2 aromatic rings. The smallest absolute Gasteiger partial charge is 0.253 e. The zero-order valence-electron chi connectivity index (χ0n) is 17.2. The molecular weight excluding hydrogens is 402 g/mol. The first kappa shape index (κ1) is 20.5. The summed E-state index contributed by atoms with van der Waals surface area (Å²) in [7, 11) is -1.61. The summed E-state index contributed by atoms with van der Waals surface area (Å²) in [5.74, 6) is 0.939. The van der Waals surface area contributed by atoms with Crippen LogP contribution in [-0.2, 0) is 10.0 Å². The summed E-state index contributed by atoms with van der Waals surface area (Å²) < 4.78 is 31.1. The number of nitrogens with zero attached hydrogens (tertiary/aromatic N) is 3. The lowest BCUT2D eigenvalue weighted by atomic mass is 10.1. The lowest BCUT2D eigenvalue weighted by molar-refractivity contribution is 0.0767. The molecule has 2 aromatic carbocycles. The van der Waals surface area contributed by atoms with E-state index in [1.807, 2.05) is 29.2 Å². The minimum atomic E-state index is -3.26. The summed E-state index contributed by atoms with van der Waals surface area (Å²) >= 11 is 0. The Morgan fingerprint density at radius 2 is 1.70 bits per heavy atom. The first-order valence-electron chi connectivity index (χ1n) is 10.3. The monoisotopic (exact) mass is 429 g/mol. The first-order valence-corrected chi connectivity index (χ1v) is 11.9. The Labute approximate surface area is 177 Å². The number of amides is 1. The highest BCUT2D eigenvalue weighted by atomic mass is 32.2. The van der Waals surface area contributed by atoms with Gasteiger partial charge < -0.3 is 14.5 Å². The molecule has 0 radical (unpaired) electrons. The van der Waals surface area contributed by atoms with E-state index in [9.17, 15) is 13.2 Å². The molecule has 0 saturated carbocycles. The largest absolute Gasteiger partial charge is 0.497 e. The van der Waals surface area contributed by atoms with Gasteiger partial charge in [0.25, 0.3) is 5.91 Å². The van der Waals surface area contributed by atoms with Gasteiger partial charge in [-0.3, -0.25) is 9.10 Å². The number of hydrogen-bond acceptors (Lipinski definition) is 5.